The van der Waals surface area contributed by atoms with Crippen LogP contribution in [-0.2, 0) is 11.3 Å². The van der Waals surface area contributed by atoms with Gasteiger partial charge in [-0.3, -0.25) is 0 Å². The Hall–Kier alpha value is -4.39. The minimum Gasteiger partial charge on any atom is -0.493 e. The Morgan fingerprint density at radius 2 is 1.76 bits per heavy atom. The van der Waals surface area contributed by atoms with E-state index in [-0.39, 0.29) is 6.61 Å². The highest BCUT2D eigenvalue weighted by Crippen LogP contribution is 2.33. The fraction of sp³-hybridized carbons (Fsp3) is 0.148. The maximum absolute atomic E-state index is 13.2. The molecule has 0 amide bonds. The number of carbonyl (C=O) groups is 1. The van der Waals surface area contributed by atoms with Crippen LogP contribution >= 0.6 is 0 Å². The molecular formula is C27H23N3O4. The van der Waals surface area contributed by atoms with Crippen LogP contribution in [-0.4, -0.2) is 34.6 Å². The van der Waals surface area contributed by atoms with Crippen LogP contribution in [0.1, 0.15) is 21.6 Å². The predicted molar refractivity (Wildman–Crippen MR) is 129 cm³/mol. The van der Waals surface area contributed by atoms with Gasteiger partial charge in [0, 0.05) is 23.3 Å². The topological polar surface area (TPSA) is 75.0 Å². The molecule has 0 saturated carbocycles. The largest absolute Gasteiger partial charge is 0.493 e. The number of para-hydroxylation sites is 1. The fourth-order valence-corrected chi connectivity index (χ4v) is 3.98. The Bertz CT molecular complexity index is 1520. The van der Waals surface area contributed by atoms with Crippen molar-refractivity contribution < 1.29 is 19.0 Å². The van der Waals surface area contributed by atoms with Crippen molar-refractivity contribution in [2.24, 2.45) is 0 Å². The normalized spacial score (nSPS) is 11.0. The lowest BCUT2D eigenvalue weighted by Gasteiger charge is -2.12. The first-order valence-electron chi connectivity index (χ1n) is 10.8. The van der Waals surface area contributed by atoms with Gasteiger partial charge in [0.1, 0.15) is 12.3 Å². The van der Waals surface area contributed by atoms with E-state index in [1.54, 1.807) is 20.3 Å². The number of rotatable bonds is 6. The van der Waals surface area contributed by atoms with Crippen LogP contribution in [0.5, 0.6) is 11.5 Å². The van der Waals surface area contributed by atoms with E-state index in [2.05, 4.69) is 4.98 Å². The summed E-state index contributed by atoms with van der Waals surface area (Å²) in [5, 5.41) is 0.725. The minimum absolute atomic E-state index is 0.0717. The number of benzene rings is 2. The van der Waals surface area contributed by atoms with Crippen LogP contribution in [0.4, 0.5) is 0 Å². The number of ether oxygens (including phenoxy) is 3. The van der Waals surface area contributed by atoms with Crippen LogP contribution < -0.4 is 9.47 Å². The maximum atomic E-state index is 13.2. The van der Waals surface area contributed by atoms with Gasteiger partial charge in [0.15, 0.2) is 11.5 Å². The van der Waals surface area contributed by atoms with Crippen LogP contribution in [0.2, 0.25) is 0 Å². The number of esters is 1. The number of pyridine rings is 2. The highest BCUT2D eigenvalue weighted by atomic mass is 16.5. The number of methoxy groups -OCH3 is 2. The number of fused-ring (bicyclic) bond motifs is 2. The number of hydrogen-bond donors (Lipinski definition) is 0. The monoisotopic (exact) mass is 453 g/mol. The third-order valence-corrected chi connectivity index (χ3v) is 5.69. The molecule has 5 rings (SSSR count). The summed E-state index contributed by atoms with van der Waals surface area (Å²) in [5.41, 5.74) is 5.16. The summed E-state index contributed by atoms with van der Waals surface area (Å²) in [4.78, 5) is 22.5. The van der Waals surface area contributed by atoms with Crippen LogP contribution in [0.15, 0.2) is 73.1 Å². The third-order valence-electron chi connectivity index (χ3n) is 5.69. The molecule has 0 unspecified atom stereocenters. The van der Waals surface area contributed by atoms with Gasteiger partial charge in [-0.1, -0.05) is 24.3 Å². The highest BCUT2D eigenvalue weighted by Gasteiger charge is 2.17. The first-order valence-corrected chi connectivity index (χ1v) is 10.8. The first kappa shape index (κ1) is 21.5. The van der Waals surface area contributed by atoms with E-state index >= 15 is 0 Å². The van der Waals surface area contributed by atoms with Crippen molar-refractivity contribution in [2.45, 2.75) is 13.5 Å². The second-order valence-electron chi connectivity index (χ2n) is 7.87. The van der Waals surface area contributed by atoms with Gasteiger partial charge in [-0.15, -0.1) is 0 Å². The molecule has 0 bridgehead atoms. The molecule has 2 aromatic carbocycles. The van der Waals surface area contributed by atoms with E-state index < -0.39 is 5.97 Å². The molecule has 0 aliphatic carbocycles. The van der Waals surface area contributed by atoms with E-state index in [9.17, 15) is 4.79 Å². The fourth-order valence-electron chi connectivity index (χ4n) is 3.98. The first-order chi connectivity index (χ1) is 16.6. The third kappa shape index (κ3) is 3.92. The summed E-state index contributed by atoms with van der Waals surface area (Å²) in [6.45, 7) is 2.07. The van der Waals surface area contributed by atoms with Crippen LogP contribution in [0.3, 0.4) is 0 Å². The van der Waals surface area contributed by atoms with Gasteiger partial charge in [0.25, 0.3) is 0 Å². The molecule has 0 fully saturated rings. The molecule has 7 heteroatoms. The van der Waals surface area contributed by atoms with Gasteiger partial charge in [-0.25, -0.2) is 14.8 Å². The molecule has 0 aliphatic heterocycles. The van der Waals surface area contributed by atoms with E-state index in [1.165, 1.54) is 0 Å². The van der Waals surface area contributed by atoms with E-state index in [1.807, 2.05) is 78.3 Å². The number of aromatic nitrogens is 3. The zero-order valence-corrected chi connectivity index (χ0v) is 19.1. The lowest BCUT2D eigenvalue weighted by atomic mass is 10.0. The summed E-state index contributed by atoms with van der Waals surface area (Å²) in [7, 11) is 3.17. The number of nitrogens with zero attached hydrogens (tertiary/aromatic N) is 3. The van der Waals surface area contributed by atoms with Crippen molar-refractivity contribution in [2.75, 3.05) is 14.2 Å². The van der Waals surface area contributed by atoms with Crippen molar-refractivity contribution in [1.82, 2.24) is 14.4 Å². The summed E-state index contributed by atoms with van der Waals surface area (Å²) in [6.07, 6.45) is 3.79. The molecule has 170 valence electrons. The predicted octanol–water partition coefficient (Wildman–Crippen LogP) is 5.23. The molecule has 0 saturated heterocycles. The van der Waals surface area contributed by atoms with Crippen molar-refractivity contribution in [3.8, 4) is 22.8 Å². The van der Waals surface area contributed by atoms with E-state index in [4.69, 9.17) is 19.2 Å². The van der Waals surface area contributed by atoms with E-state index in [0.29, 0.717) is 34.0 Å². The molecule has 34 heavy (non-hydrogen) atoms. The number of hydrogen-bond acceptors (Lipinski definition) is 6. The summed E-state index contributed by atoms with van der Waals surface area (Å²) in [5.74, 6) is 0.768. The number of aryl methyl sites for hydroxylation is 1. The molecule has 7 nitrogen and oxygen atoms in total. The Balaban J connectivity index is 1.49. The quantitative estimate of drug-likeness (QED) is 0.328. The molecule has 0 spiro atoms. The van der Waals surface area contributed by atoms with Gasteiger partial charge in [-0.05, 0) is 48.9 Å². The van der Waals surface area contributed by atoms with Gasteiger partial charge in [-0.2, -0.15) is 0 Å². The Morgan fingerprint density at radius 1 is 0.941 bits per heavy atom. The second-order valence-corrected chi connectivity index (χ2v) is 7.87. The van der Waals surface area contributed by atoms with Gasteiger partial charge in [0.2, 0.25) is 0 Å². The van der Waals surface area contributed by atoms with Gasteiger partial charge >= 0.3 is 5.97 Å². The molecule has 3 heterocycles. The van der Waals surface area contributed by atoms with Crippen molar-refractivity contribution in [1.29, 1.82) is 0 Å². The molecule has 0 N–H and O–H groups in total. The average Bonchev–Trinajstić information content (AvgIpc) is 3.30. The van der Waals surface area contributed by atoms with Gasteiger partial charge in [0.05, 0.1) is 36.7 Å². The smallest absolute Gasteiger partial charge is 0.339 e. The molecular weight excluding hydrogens is 430 g/mol. The average molecular weight is 453 g/mol. The zero-order chi connectivity index (χ0) is 23.7. The molecule has 5 aromatic rings. The van der Waals surface area contributed by atoms with Crippen molar-refractivity contribution in [3.63, 3.8) is 0 Å². The van der Waals surface area contributed by atoms with Crippen LogP contribution in [0.25, 0.3) is 27.8 Å². The summed E-state index contributed by atoms with van der Waals surface area (Å²) >= 11 is 0. The Labute approximate surface area is 196 Å². The molecule has 3 aromatic heterocycles. The molecule has 0 atom stereocenters. The zero-order valence-electron chi connectivity index (χ0n) is 19.1. The second kappa shape index (κ2) is 8.86. The molecule has 0 radical (unpaired) electrons. The Morgan fingerprint density at radius 3 is 2.56 bits per heavy atom. The highest BCUT2D eigenvalue weighted by molar-refractivity contribution is 6.04. The number of imidazole rings is 1. The van der Waals surface area contributed by atoms with Gasteiger partial charge < -0.3 is 18.6 Å². The molecule has 0 aliphatic rings. The van der Waals surface area contributed by atoms with Crippen molar-refractivity contribution >= 4 is 22.5 Å². The van der Waals surface area contributed by atoms with E-state index in [0.717, 1.165) is 22.2 Å². The maximum Gasteiger partial charge on any atom is 0.339 e. The standard InChI is InChI=1S/C27H23N3O4/c1-17-7-6-12-30-15-19(28-26(17)30)16-34-27(31)21-14-23(29-22-9-5-4-8-20(21)22)18-10-11-24(32-2)25(13-18)33-3/h4-15H,16H2,1-3H3. The Kier molecular flexibility index (Phi) is 5.59. The summed E-state index contributed by atoms with van der Waals surface area (Å²) < 4.78 is 18.4. The van der Waals surface area contributed by atoms with Crippen LogP contribution in [0, 0.1) is 6.92 Å². The summed E-state index contributed by atoms with van der Waals surface area (Å²) in [6, 6.07) is 18.7. The minimum atomic E-state index is -0.436. The number of carbonyl (C=O) groups excluding carboxylic acids is 1. The SMILES string of the molecule is COc1ccc(-c2cc(C(=O)OCc3cn4cccc(C)c4n3)c3ccccc3n2)cc1OC. The lowest BCUT2D eigenvalue weighted by Crippen LogP contribution is -2.07. The lowest BCUT2D eigenvalue weighted by molar-refractivity contribution is 0.0470. The van der Waals surface area contributed by atoms with Crippen molar-refractivity contribution in [3.05, 3.63) is 89.9 Å².